The van der Waals surface area contributed by atoms with Crippen LogP contribution in [0.2, 0.25) is 0 Å². The van der Waals surface area contributed by atoms with Gasteiger partial charge in [-0.3, -0.25) is 4.55 Å². The highest BCUT2D eigenvalue weighted by atomic mass is 32.2. The molecule has 1 atom stereocenters. The Balaban J connectivity index is 1.78. The van der Waals surface area contributed by atoms with E-state index in [2.05, 4.69) is 24.1 Å². The summed E-state index contributed by atoms with van der Waals surface area (Å²) in [5, 5.41) is 0. The van der Waals surface area contributed by atoms with Crippen molar-refractivity contribution in [1.82, 2.24) is 19.9 Å². The monoisotopic (exact) mass is 393 g/mol. The quantitative estimate of drug-likeness (QED) is 0.347. The molecule has 0 saturated heterocycles. The molecule has 134 valence electrons. The zero-order valence-corrected chi connectivity index (χ0v) is 14.3. The first-order valence-corrected chi connectivity index (χ1v) is 9.48. The molecular weight excluding hydrogens is 384 g/mol. The van der Waals surface area contributed by atoms with E-state index in [0.717, 1.165) is 0 Å². The van der Waals surface area contributed by atoms with Crippen LogP contribution < -0.4 is 4.18 Å². The fourth-order valence-electron chi connectivity index (χ4n) is 2.49. The van der Waals surface area contributed by atoms with Crippen LogP contribution >= 0.6 is 0 Å². The molecule has 4 aromatic rings. The van der Waals surface area contributed by atoms with Gasteiger partial charge >= 0.3 is 0 Å². The molecule has 2 heterocycles. The number of imidazole rings is 2. The molecule has 0 bridgehead atoms. The zero-order chi connectivity index (χ0) is 18.5. The van der Waals surface area contributed by atoms with Crippen molar-refractivity contribution in [3.8, 4) is 17.4 Å². The number of aromatic nitrogens is 4. The van der Waals surface area contributed by atoms with Crippen LogP contribution in [0.1, 0.15) is 0 Å². The normalized spacial score (nSPS) is 13.3. The average molecular weight is 393 g/mol. The van der Waals surface area contributed by atoms with E-state index in [0.29, 0.717) is 33.7 Å². The number of hydrogen-bond donors (Lipinski definition) is 3. The first kappa shape index (κ1) is 16.7. The summed E-state index contributed by atoms with van der Waals surface area (Å²) in [7, 11) is -4.32. The predicted octanol–water partition coefficient (Wildman–Crippen LogP) is 1.53. The second-order valence-corrected chi connectivity index (χ2v) is 7.29. The third-order valence-corrected chi connectivity index (χ3v) is 4.77. The summed E-state index contributed by atoms with van der Waals surface area (Å²) in [6.07, 6.45) is 0. The summed E-state index contributed by atoms with van der Waals surface area (Å²) < 4.78 is 57.4. The maximum absolute atomic E-state index is 11.2. The van der Waals surface area contributed by atoms with Gasteiger partial charge in [-0.1, -0.05) is 0 Å². The second kappa shape index (κ2) is 5.88. The molecule has 3 N–H and O–H groups in total. The molecule has 26 heavy (non-hydrogen) atoms. The Kier molecular flexibility index (Phi) is 3.77. The minimum Gasteiger partial charge on any atom is -0.740 e. The Morgan fingerprint density at radius 2 is 1.58 bits per heavy atom. The molecular formula is C14H9N4O6S2-. The number of H-pyrrole nitrogens is 2. The van der Waals surface area contributed by atoms with Crippen LogP contribution in [0.3, 0.4) is 0 Å². The van der Waals surface area contributed by atoms with Crippen molar-refractivity contribution in [3.63, 3.8) is 0 Å². The van der Waals surface area contributed by atoms with Crippen molar-refractivity contribution in [3.05, 3.63) is 36.4 Å². The number of benzene rings is 2. The van der Waals surface area contributed by atoms with Crippen LogP contribution in [-0.2, 0) is 21.5 Å². The van der Waals surface area contributed by atoms with E-state index in [1.54, 1.807) is 6.07 Å². The third-order valence-electron chi connectivity index (χ3n) is 3.59. The van der Waals surface area contributed by atoms with Crippen molar-refractivity contribution in [2.45, 2.75) is 4.90 Å². The van der Waals surface area contributed by atoms with E-state index in [4.69, 9.17) is 4.55 Å². The van der Waals surface area contributed by atoms with Gasteiger partial charge in [0.05, 0.1) is 27.0 Å². The maximum atomic E-state index is 11.2. The largest absolute Gasteiger partial charge is 0.740 e. The van der Waals surface area contributed by atoms with E-state index in [1.807, 2.05) is 0 Å². The Hall–Kier alpha value is -2.80. The third kappa shape index (κ3) is 3.06. The number of hydrogen-bond acceptors (Lipinski definition) is 7. The molecule has 1 unspecified atom stereocenters. The standard InChI is InChI=1S/C14H10N4O6S2/c19-25(20)24-7-1-3-9-11(5-7)17-13(15-9)14-16-10-4-2-8(26(21,22)23)6-12(10)18-14/h1-6H,(H,15,17)(H,16,18)(H,19,20)(H,21,22,23)/p-1. The molecule has 0 amide bonds. The Morgan fingerprint density at radius 1 is 1.00 bits per heavy atom. The fraction of sp³-hybridized carbons (Fsp3) is 0. The summed E-state index contributed by atoms with van der Waals surface area (Å²) in [5.41, 5.74) is 1.98. The minimum absolute atomic E-state index is 0.128. The van der Waals surface area contributed by atoms with Gasteiger partial charge in [-0.15, -0.1) is 0 Å². The molecule has 10 nitrogen and oxygen atoms in total. The van der Waals surface area contributed by atoms with Crippen LogP contribution in [0.5, 0.6) is 5.75 Å². The fourth-order valence-corrected chi connectivity index (χ4v) is 3.26. The van der Waals surface area contributed by atoms with Gasteiger partial charge in [0.25, 0.3) is 10.1 Å². The Labute approximate surface area is 148 Å². The first-order valence-electron chi connectivity index (χ1n) is 7.04. The lowest BCUT2D eigenvalue weighted by atomic mass is 10.3. The van der Waals surface area contributed by atoms with Crippen molar-refractivity contribution >= 4 is 43.5 Å². The van der Waals surface area contributed by atoms with Crippen LogP contribution in [0, 0.1) is 0 Å². The predicted molar refractivity (Wildman–Crippen MR) is 90.5 cm³/mol. The Morgan fingerprint density at radius 3 is 2.15 bits per heavy atom. The number of fused-ring (bicyclic) bond motifs is 2. The van der Waals surface area contributed by atoms with E-state index in [1.165, 1.54) is 30.3 Å². The van der Waals surface area contributed by atoms with Gasteiger partial charge in [-0.05, 0) is 30.3 Å². The van der Waals surface area contributed by atoms with Crippen LogP contribution in [0.4, 0.5) is 0 Å². The van der Waals surface area contributed by atoms with Gasteiger partial charge in [0.1, 0.15) is 17.1 Å². The highest BCUT2D eigenvalue weighted by molar-refractivity contribution is 7.85. The molecule has 2 aromatic heterocycles. The van der Waals surface area contributed by atoms with E-state index >= 15 is 0 Å². The SMILES string of the molecule is O=S([O-])Oc1ccc2nc(-c3nc4ccc(S(=O)(=O)O)cc4[nH]3)[nH]c2c1. The highest BCUT2D eigenvalue weighted by Crippen LogP contribution is 2.25. The van der Waals surface area contributed by atoms with Gasteiger partial charge in [-0.25, -0.2) is 14.2 Å². The molecule has 4 rings (SSSR count). The van der Waals surface area contributed by atoms with Crippen LogP contribution in [0.15, 0.2) is 41.3 Å². The molecule has 0 aliphatic rings. The summed E-state index contributed by atoms with van der Waals surface area (Å²) >= 11 is -2.68. The molecule has 0 spiro atoms. The van der Waals surface area contributed by atoms with Crippen LogP contribution in [0.25, 0.3) is 33.7 Å². The minimum atomic E-state index is -4.32. The van der Waals surface area contributed by atoms with Gasteiger partial charge in [0.2, 0.25) is 0 Å². The van der Waals surface area contributed by atoms with Gasteiger partial charge < -0.3 is 18.7 Å². The summed E-state index contributed by atoms with van der Waals surface area (Å²) in [5.74, 6) is 0.840. The van der Waals surface area contributed by atoms with Crippen LogP contribution in [-0.4, -0.2) is 41.7 Å². The zero-order valence-electron chi connectivity index (χ0n) is 12.7. The lowest BCUT2D eigenvalue weighted by molar-refractivity contribution is 0.440. The van der Waals surface area contributed by atoms with E-state index in [-0.39, 0.29) is 10.6 Å². The van der Waals surface area contributed by atoms with Crippen molar-refractivity contribution < 1.29 is 25.9 Å². The van der Waals surface area contributed by atoms with E-state index in [9.17, 15) is 17.2 Å². The number of nitrogens with zero attached hydrogens (tertiary/aromatic N) is 2. The molecule has 0 saturated carbocycles. The molecule has 2 aromatic carbocycles. The van der Waals surface area contributed by atoms with Crippen molar-refractivity contribution in [1.29, 1.82) is 0 Å². The summed E-state index contributed by atoms with van der Waals surface area (Å²) in [6, 6.07) is 8.47. The maximum Gasteiger partial charge on any atom is 0.294 e. The van der Waals surface area contributed by atoms with E-state index < -0.39 is 21.5 Å². The highest BCUT2D eigenvalue weighted by Gasteiger charge is 2.14. The first-order chi connectivity index (χ1) is 12.3. The van der Waals surface area contributed by atoms with Gasteiger partial charge in [0.15, 0.2) is 11.6 Å². The second-order valence-electron chi connectivity index (χ2n) is 5.29. The summed E-state index contributed by atoms with van der Waals surface area (Å²) in [6.45, 7) is 0. The van der Waals surface area contributed by atoms with Gasteiger partial charge in [0, 0.05) is 6.07 Å². The molecule has 0 aliphatic carbocycles. The topological polar surface area (TPSA) is 161 Å². The molecule has 0 aliphatic heterocycles. The molecule has 0 fully saturated rings. The van der Waals surface area contributed by atoms with Crippen molar-refractivity contribution in [2.24, 2.45) is 0 Å². The number of nitrogens with one attached hydrogen (secondary N) is 2. The van der Waals surface area contributed by atoms with Crippen molar-refractivity contribution in [2.75, 3.05) is 0 Å². The number of rotatable bonds is 4. The Bertz CT molecular complexity index is 1280. The average Bonchev–Trinajstić information content (AvgIpc) is 3.15. The molecule has 12 heteroatoms. The summed E-state index contributed by atoms with van der Waals surface area (Å²) in [4.78, 5) is 14.3. The molecule has 0 radical (unpaired) electrons. The lowest BCUT2D eigenvalue weighted by Crippen LogP contribution is -1.97. The van der Waals surface area contributed by atoms with Gasteiger partial charge in [-0.2, -0.15) is 8.42 Å². The smallest absolute Gasteiger partial charge is 0.294 e. The lowest BCUT2D eigenvalue weighted by Gasteiger charge is -2.05. The number of aromatic amines is 2.